The lowest BCUT2D eigenvalue weighted by atomic mass is 10.2. The number of aryl methyl sites for hydroxylation is 2. The zero-order valence-corrected chi connectivity index (χ0v) is 11.4. The van der Waals surface area contributed by atoms with E-state index >= 15 is 0 Å². The Balaban J connectivity index is 2.33. The second kappa shape index (κ2) is 5.31. The number of hydrogen-bond acceptors (Lipinski definition) is 6. The fourth-order valence-corrected chi connectivity index (χ4v) is 2.24. The van der Waals surface area contributed by atoms with Gasteiger partial charge in [-0.15, -0.1) is 10.2 Å². The molecule has 0 fully saturated rings. The van der Waals surface area contributed by atoms with Crippen LogP contribution in [-0.4, -0.2) is 41.5 Å². The van der Waals surface area contributed by atoms with E-state index in [-0.39, 0.29) is 5.75 Å². The van der Waals surface area contributed by atoms with E-state index in [1.807, 2.05) is 20.2 Å². The number of aliphatic carboxylic acids is 1. The summed E-state index contributed by atoms with van der Waals surface area (Å²) in [4.78, 5) is 10.5. The van der Waals surface area contributed by atoms with Crippen LogP contribution in [0.1, 0.15) is 12.6 Å². The molecule has 0 amide bonds. The number of carboxylic acid groups (broad SMARTS) is 1. The van der Waals surface area contributed by atoms with Crippen LogP contribution in [0.2, 0.25) is 0 Å². The summed E-state index contributed by atoms with van der Waals surface area (Å²) in [6.07, 6.45) is 2.57. The number of nitrogen functional groups attached to an aromatic ring is 1. The average molecular weight is 282 g/mol. The largest absolute Gasteiger partial charge is 0.481 e. The molecule has 2 heterocycles. The van der Waals surface area contributed by atoms with Crippen LogP contribution in [0.5, 0.6) is 0 Å². The van der Waals surface area contributed by atoms with E-state index in [9.17, 15) is 4.79 Å². The van der Waals surface area contributed by atoms with Crippen LogP contribution in [0, 0.1) is 0 Å². The van der Waals surface area contributed by atoms with E-state index in [0.29, 0.717) is 11.0 Å². The van der Waals surface area contributed by atoms with Crippen LogP contribution in [0.25, 0.3) is 11.4 Å². The average Bonchev–Trinajstić information content (AvgIpc) is 2.89. The first-order valence-corrected chi connectivity index (χ1v) is 6.59. The van der Waals surface area contributed by atoms with E-state index in [4.69, 9.17) is 10.9 Å². The number of hydrogen-bond donors (Lipinski definition) is 2. The number of thioether (sulfide) groups is 1. The van der Waals surface area contributed by atoms with Gasteiger partial charge in [0.1, 0.15) is 0 Å². The van der Waals surface area contributed by atoms with E-state index in [1.165, 1.54) is 4.68 Å². The van der Waals surface area contributed by atoms with Crippen molar-refractivity contribution >= 4 is 17.7 Å². The molecular weight excluding hydrogens is 268 g/mol. The minimum atomic E-state index is -0.926. The molecule has 2 rings (SSSR count). The van der Waals surface area contributed by atoms with Crippen LogP contribution >= 0.6 is 11.8 Å². The predicted molar refractivity (Wildman–Crippen MR) is 70.1 cm³/mol. The third-order valence-electron chi connectivity index (χ3n) is 2.47. The molecule has 8 nitrogen and oxygen atoms in total. The first kappa shape index (κ1) is 13.4. The van der Waals surface area contributed by atoms with Gasteiger partial charge in [0, 0.05) is 13.2 Å². The Morgan fingerprint density at radius 3 is 2.89 bits per heavy atom. The third kappa shape index (κ3) is 2.70. The number of rotatable bonds is 5. The molecule has 0 aliphatic heterocycles. The molecule has 102 valence electrons. The van der Waals surface area contributed by atoms with Gasteiger partial charge in [0.2, 0.25) is 5.16 Å². The van der Waals surface area contributed by atoms with E-state index < -0.39 is 5.97 Å². The molecule has 0 atom stereocenters. The molecule has 0 bridgehead atoms. The number of nitrogens with two attached hydrogens (primary N) is 1. The molecule has 9 heteroatoms. The number of carboxylic acids is 1. The first-order valence-electron chi connectivity index (χ1n) is 5.61. The summed E-state index contributed by atoms with van der Waals surface area (Å²) >= 11 is 1.03. The molecule has 0 unspecified atom stereocenters. The summed E-state index contributed by atoms with van der Waals surface area (Å²) in [5, 5.41) is 21.2. The predicted octanol–water partition coefficient (Wildman–Crippen LogP) is 0.132. The van der Waals surface area contributed by atoms with Crippen LogP contribution in [0.15, 0.2) is 11.4 Å². The van der Waals surface area contributed by atoms with E-state index in [2.05, 4.69) is 15.3 Å². The lowest BCUT2D eigenvalue weighted by molar-refractivity contribution is -0.133. The first-order chi connectivity index (χ1) is 9.02. The van der Waals surface area contributed by atoms with Crippen molar-refractivity contribution in [3.8, 4) is 11.4 Å². The summed E-state index contributed by atoms with van der Waals surface area (Å²) in [7, 11) is 1.82. The molecule has 0 aliphatic carbocycles. The Morgan fingerprint density at radius 2 is 2.26 bits per heavy atom. The topological polar surface area (TPSA) is 112 Å². The van der Waals surface area contributed by atoms with Crippen LogP contribution in [0.4, 0.5) is 0 Å². The summed E-state index contributed by atoms with van der Waals surface area (Å²) in [6.45, 7) is 1.99. The number of nitrogens with zero attached hydrogens (tertiary/aromatic N) is 5. The fourth-order valence-electron chi connectivity index (χ4n) is 1.67. The van der Waals surface area contributed by atoms with Crippen molar-refractivity contribution in [2.75, 3.05) is 11.6 Å². The normalized spacial score (nSPS) is 10.8. The van der Waals surface area contributed by atoms with Crippen molar-refractivity contribution in [1.82, 2.24) is 24.7 Å². The summed E-state index contributed by atoms with van der Waals surface area (Å²) in [5.41, 5.74) is 1.68. The SMILES string of the molecule is CCc1nn(C)cc1-c1nnc(SCC(=O)O)n1N. The molecule has 2 aromatic rings. The van der Waals surface area contributed by atoms with Gasteiger partial charge in [0.15, 0.2) is 5.82 Å². The lowest BCUT2D eigenvalue weighted by Crippen LogP contribution is -2.12. The second-order valence-corrected chi connectivity index (χ2v) is 4.82. The molecular formula is C10H14N6O2S. The second-order valence-electron chi connectivity index (χ2n) is 3.88. The Morgan fingerprint density at radius 1 is 1.53 bits per heavy atom. The molecule has 0 radical (unpaired) electrons. The Kier molecular flexibility index (Phi) is 3.74. The quantitative estimate of drug-likeness (QED) is 0.592. The maximum absolute atomic E-state index is 10.5. The smallest absolute Gasteiger partial charge is 0.313 e. The van der Waals surface area contributed by atoms with Gasteiger partial charge >= 0.3 is 5.97 Å². The van der Waals surface area contributed by atoms with Gasteiger partial charge in [0.05, 0.1) is 17.0 Å². The number of carbonyl (C=O) groups is 1. The van der Waals surface area contributed by atoms with Crippen molar-refractivity contribution in [1.29, 1.82) is 0 Å². The van der Waals surface area contributed by atoms with Crippen LogP contribution in [0.3, 0.4) is 0 Å². The Bertz CT molecular complexity index is 605. The monoisotopic (exact) mass is 282 g/mol. The lowest BCUT2D eigenvalue weighted by Gasteiger charge is -2.01. The molecule has 0 aliphatic rings. The Labute approximate surface area is 113 Å². The molecule has 19 heavy (non-hydrogen) atoms. The Hall–Kier alpha value is -2.03. The molecule has 0 aromatic carbocycles. The van der Waals surface area contributed by atoms with Crippen molar-refractivity contribution in [2.24, 2.45) is 7.05 Å². The minimum Gasteiger partial charge on any atom is -0.481 e. The van der Waals surface area contributed by atoms with Gasteiger partial charge in [-0.05, 0) is 6.42 Å². The van der Waals surface area contributed by atoms with E-state index in [0.717, 1.165) is 29.4 Å². The molecule has 0 saturated heterocycles. The summed E-state index contributed by atoms with van der Waals surface area (Å²) in [6, 6.07) is 0. The van der Waals surface area contributed by atoms with Gasteiger partial charge in [-0.1, -0.05) is 18.7 Å². The minimum absolute atomic E-state index is 0.108. The molecule has 2 aromatic heterocycles. The highest BCUT2D eigenvalue weighted by Crippen LogP contribution is 2.24. The zero-order chi connectivity index (χ0) is 14.0. The van der Waals surface area contributed by atoms with E-state index in [1.54, 1.807) is 4.68 Å². The number of aromatic nitrogens is 5. The maximum Gasteiger partial charge on any atom is 0.313 e. The molecule has 0 spiro atoms. The highest BCUT2D eigenvalue weighted by atomic mass is 32.2. The maximum atomic E-state index is 10.5. The fraction of sp³-hybridized carbons (Fsp3) is 0.400. The van der Waals surface area contributed by atoms with Crippen LogP contribution in [-0.2, 0) is 18.3 Å². The standard InChI is InChI=1S/C10H14N6O2S/c1-3-7-6(4-15(2)14-7)9-12-13-10(16(9)11)19-5-8(17)18/h4H,3,5,11H2,1-2H3,(H,17,18). The van der Waals surface area contributed by atoms with Crippen molar-refractivity contribution in [2.45, 2.75) is 18.5 Å². The van der Waals surface area contributed by atoms with Crippen molar-refractivity contribution < 1.29 is 9.90 Å². The highest BCUT2D eigenvalue weighted by molar-refractivity contribution is 7.99. The van der Waals surface area contributed by atoms with Crippen molar-refractivity contribution in [3.05, 3.63) is 11.9 Å². The summed E-state index contributed by atoms with van der Waals surface area (Å²) < 4.78 is 2.98. The van der Waals surface area contributed by atoms with Crippen LogP contribution < -0.4 is 5.84 Å². The van der Waals surface area contributed by atoms with Gasteiger partial charge in [-0.3, -0.25) is 9.48 Å². The van der Waals surface area contributed by atoms with Gasteiger partial charge in [0.25, 0.3) is 0 Å². The van der Waals surface area contributed by atoms with Gasteiger partial charge in [-0.25, -0.2) is 4.68 Å². The third-order valence-corrected chi connectivity index (χ3v) is 3.40. The molecule has 0 saturated carbocycles. The van der Waals surface area contributed by atoms with Gasteiger partial charge in [-0.2, -0.15) is 5.10 Å². The summed E-state index contributed by atoms with van der Waals surface area (Å²) in [5.74, 6) is 5.35. The molecule has 3 N–H and O–H groups in total. The highest BCUT2D eigenvalue weighted by Gasteiger charge is 2.17. The van der Waals surface area contributed by atoms with Gasteiger partial charge < -0.3 is 10.9 Å². The zero-order valence-electron chi connectivity index (χ0n) is 10.6. The van der Waals surface area contributed by atoms with Crippen molar-refractivity contribution in [3.63, 3.8) is 0 Å².